The number of nitrogens with zero attached hydrogens (tertiary/aromatic N) is 1. The van der Waals surface area contributed by atoms with Gasteiger partial charge in [-0.25, -0.2) is 0 Å². The van der Waals surface area contributed by atoms with Crippen LogP contribution in [-0.2, 0) is 22.1 Å². The number of carbonyl (C=O) groups is 2. The summed E-state index contributed by atoms with van der Waals surface area (Å²) in [7, 11) is 0. The molecule has 12 heteroatoms. The summed E-state index contributed by atoms with van der Waals surface area (Å²) in [5.41, 5.74) is -3.17. The molecule has 0 heterocycles. The van der Waals surface area contributed by atoms with Gasteiger partial charge in [-0.05, 0) is 37.3 Å². The van der Waals surface area contributed by atoms with Crippen molar-refractivity contribution >= 4 is 29.2 Å². The molecule has 30 heavy (non-hydrogen) atoms. The number of carboxylic acid groups (broad SMARTS) is 1. The van der Waals surface area contributed by atoms with E-state index in [0.29, 0.717) is 12.1 Å². The Morgan fingerprint density at radius 3 is 2.37 bits per heavy atom. The average Bonchev–Trinajstić information content (AvgIpc) is 2.61. The number of carboxylic acids is 1. The zero-order valence-corrected chi connectivity index (χ0v) is 15.9. The van der Waals surface area contributed by atoms with Crippen molar-refractivity contribution in [1.82, 2.24) is 0 Å². The lowest BCUT2D eigenvalue weighted by atomic mass is 10.0. The highest BCUT2D eigenvalue weighted by Crippen LogP contribution is 2.38. The summed E-state index contributed by atoms with van der Waals surface area (Å²) in [5, 5.41) is 22.3. The van der Waals surface area contributed by atoms with Crippen LogP contribution in [-0.4, -0.2) is 23.5 Å². The van der Waals surface area contributed by atoms with Crippen molar-refractivity contribution in [2.24, 2.45) is 0 Å². The Labute approximate surface area is 171 Å². The van der Waals surface area contributed by atoms with Gasteiger partial charge >= 0.3 is 12.1 Å². The van der Waals surface area contributed by atoms with E-state index in [1.165, 1.54) is 6.92 Å². The molecule has 0 unspecified atom stereocenters. The van der Waals surface area contributed by atoms with Gasteiger partial charge in [0.2, 0.25) is 0 Å². The van der Waals surface area contributed by atoms with Crippen LogP contribution >= 0.6 is 11.6 Å². The van der Waals surface area contributed by atoms with E-state index >= 15 is 0 Å². The molecule has 2 aromatic carbocycles. The Kier molecular flexibility index (Phi) is 6.88. The van der Waals surface area contributed by atoms with Crippen LogP contribution in [0.3, 0.4) is 0 Å². The molecule has 2 aromatic rings. The maximum absolute atomic E-state index is 12.7. The summed E-state index contributed by atoms with van der Waals surface area (Å²) in [6, 6.07) is 3.93. The minimum absolute atomic E-state index is 0.0165. The molecular formula is C18H12ClF3NO7-. The van der Waals surface area contributed by atoms with Gasteiger partial charge in [0.15, 0.2) is 0 Å². The first-order valence-corrected chi connectivity index (χ1v) is 8.54. The summed E-state index contributed by atoms with van der Waals surface area (Å²) in [6.45, 7) is 1.49. The Hall–Kier alpha value is -3.34. The maximum Gasteiger partial charge on any atom is 0.416 e. The number of nitro benzene ring substituents is 1. The first kappa shape index (κ1) is 22.9. The number of halogens is 4. The number of ether oxygens (including phenoxy) is 2. The van der Waals surface area contributed by atoms with Gasteiger partial charge in [0.05, 0.1) is 40.1 Å². The van der Waals surface area contributed by atoms with Crippen molar-refractivity contribution in [2.45, 2.75) is 19.5 Å². The molecule has 0 saturated carbocycles. The lowest BCUT2D eigenvalue weighted by molar-refractivity contribution is -0.386. The Morgan fingerprint density at radius 2 is 1.87 bits per heavy atom. The lowest BCUT2D eigenvalue weighted by Gasteiger charge is -2.14. The first-order valence-electron chi connectivity index (χ1n) is 8.17. The zero-order valence-electron chi connectivity index (χ0n) is 15.1. The van der Waals surface area contributed by atoms with E-state index in [1.807, 2.05) is 0 Å². The molecule has 8 nitrogen and oxygen atoms in total. The van der Waals surface area contributed by atoms with Gasteiger partial charge in [-0.2, -0.15) is 13.2 Å². The van der Waals surface area contributed by atoms with Crippen molar-refractivity contribution < 1.29 is 42.3 Å². The van der Waals surface area contributed by atoms with Crippen LogP contribution in [0, 0.1) is 10.1 Å². The van der Waals surface area contributed by atoms with Crippen molar-refractivity contribution in [3.63, 3.8) is 0 Å². The van der Waals surface area contributed by atoms with E-state index in [2.05, 4.69) is 0 Å². The molecule has 0 aliphatic rings. The molecule has 0 aliphatic heterocycles. The van der Waals surface area contributed by atoms with Crippen LogP contribution in [0.4, 0.5) is 18.9 Å². The molecule has 0 saturated heterocycles. The normalized spacial score (nSPS) is 11.1. The third kappa shape index (κ3) is 5.38. The topological polar surface area (TPSA) is 119 Å². The van der Waals surface area contributed by atoms with E-state index in [-0.39, 0.29) is 23.7 Å². The van der Waals surface area contributed by atoms with Crippen molar-refractivity contribution in [3.8, 4) is 11.5 Å². The van der Waals surface area contributed by atoms with E-state index in [9.17, 15) is 38.0 Å². The van der Waals surface area contributed by atoms with Gasteiger partial charge < -0.3 is 19.4 Å². The fourth-order valence-electron chi connectivity index (χ4n) is 2.48. The molecule has 0 N–H and O–H groups in total. The van der Waals surface area contributed by atoms with Crippen LogP contribution in [0.1, 0.15) is 28.4 Å². The Balaban J connectivity index is 2.53. The first-order chi connectivity index (χ1) is 13.9. The van der Waals surface area contributed by atoms with Crippen LogP contribution in [0.15, 0.2) is 30.3 Å². The van der Waals surface area contributed by atoms with Crippen molar-refractivity contribution in [2.75, 3.05) is 6.61 Å². The van der Waals surface area contributed by atoms with Gasteiger partial charge in [0.25, 0.3) is 5.69 Å². The molecule has 0 aromatic heterocycles. The van der Waals surface area contributed by atoms with Crippen LogP contribution in [0.25, 0.3) is 0 Å². The standard InChI is InChI=1S/C18H13ClF3NO7/c1-2-29-15(24)6-9-5-11(8-12(17(25)26)16(9)23(27)28)30-14-4-3-10(7-13(14)19)18(20,21)22/h3-5,7-8H,2,6H2,1H3,(H,25,26)/p-1. The lowest BCUT2D eigenvalue weighted by Crippen LogP contribution is -2.24. The predicted octanol–water partition coefficient (Wildman–Crippen LogP) is 3.53. The third-order valence-corrected chi connectivity index (χ3v) is 3.99. The third-order valence-electron chi connectivity index (χ3n) is 3.69. The van der Waals surface area contributed by atoms with Crippen molar-refractivity contribution in [3.05, 3.63) is 62.2 Å². The summed E-state index contributed by atoms with van der Waals surface area (Å²) in [4.78, 5) is 33.5. The van der Waals surface area contributed by atoms with Crippen molar-refractivity contribution in [1.29, 1.82) is 0 Å². The second-order valence-electron chi connectivity index (χ2n) is 5.75. The van der Waals surface area contributed by atoms with Gasteiger partial charge in [-0.1, -0.05) is 11.6 Å². The predicted molar refractivity (Wildman–Crippen MR) is 94.3 cm³/mol. The largest absolute Gasteiger partial charge is 0.545 e. The van der Waals surface area contributed by atoms with Crippen LogP contribution < -0.4 is 9.84 Å². The molecule has 0 spiro atoms. The molecule has 0 fully saturated rings. The van der Waals surface area contributed by atoms with Crippen LogP contribution in [0.5, 0.6) is 11.5 Å². The molecule has 0 bridgehead atoms. The zero-order chi connectivity index (χ0) is 22.6. The number of hydrogen-bond acceptors (Lipinski definition) is 7. The highest BCUT2D eigenvalue weighted by Gasteiger charge is 2.31. The SMILES string of the molecule is CCOC(=O)Cc1cc(Oc2ccc(C(F)(F)F)cc2Cl)cc(C(=O)[O-])c1[N+](=O)[O-]. The monoisotopic (exact) mass is 446 g/mol. The van der Waals surface area contributed by atoms with Crippen LogP contribution in [0.2, 0.25) is 5.02 Å². The number of carbonyl (C=O) groups excluding carboxylic acids is 2. The molecule has 0 radical (unpaired) electrons. The summed E-state index contributed by atoms with van der Waals surface area (Å²) >= 11 is 5.80. The Morgan fingerprint density at radius 1 is 1.20 bits per heavy atom. The number of benzene rings is 2. The molecule has 0 atom stereocenters. The van der Waals surface area contributed by atoms with Gasteiger partial charge in [0.1, 0.15) is 11.5 Å². The number of hydrogen-bond donors (Lipinski definition) is 0. The molecule has 160 valence electrons. The number of esters is 1. The highest BCUT2D eigenvalue weighted by molar-refractivity contribution is 6.32. The summed E-state index contributed by atoms with van der Waals surface area (Å²) < 4.78 is 48.3. The number of rotatable bonds is 7. The van der Waals surface area contributed by atoms with E-state index in [1.54, 1.807) is 0 Å². The minimum atomic E-state index is -4.65. The molecule has 0 aliphatic carbocycles. The van der Waals surface area contributed by atoms with E-state index in [0.717, 1.165) is 18.2 Å². The van der Waals surface area contributed by atoms with Gasteiger partial charge in [-0.3, -0.25) is 14.9 Å². The number of nitro groups is 1. The molecule has 2 rings (SSSR count). The molecule has 0 amide bonds. The van der Waals surface area contributed by atoms with E-state index < -0.39 is 51.3 Å². The molecular weight excluding hydrogens is 435 g/mol. The van der Waals surface area contributed by atoms with Gasteiger partial charge in [-0.15, -0.1) is 0 Å². The smallest absolute Gasteiger partial charge is 0.416 e. The number of aromatic carboxylic acids is 1. The fraction of sp³-hybridized carbons (Fsp3) is 0.222. The van der Waals surface area contributed by atoms with Gasteiger partial charge in [0, 0.05) is 5.56 Å². The maximum atomic E-state index is 12.7. The minimum Gasteiger partial charge on any atom is -0.545 e. The number of alkyl halides is 3. The Bertz CT molecular complexity index is 1010. The summed E-state index contributed by atoms with van der Waals surface area (Å²) in [6.07, 6.45) is -5.30. The van der Waals surface area contributed by atoms with E-state index in [4.69, 9.17) is 21.1 Å². The average molecular weight is 447 g/mol. The quantitative estimate of drug-likeness (QED) is 0.362. The second-order valence-corrected chi connectivity index (χ2v) is 6.16. The second kappa shape index (κ2) is 8.99. The highest BCUT2D eigenvalue weighted by atomic mass is 35.5. The fourth-order valence-corrected chi connectivity index (χ4v) is 2.70. The summed E-state index contributed by atoms with van der Waals surface area (Å²) in [5.74, 6) is -3.38.